The minimum Gasteiger partial charge on any atom is -0.481 e. The van der Waals surface area contributed by atoms with Crippen LogP contribution in [0.1, 0.15) is 17.0 Å². The first kappa shape index (κ1) is 23.7. The summed E-state index contributed by atoms with van der Waals surface area (Å²) in [6.45, 7) is 0.164. The first-order valence-electron chi connectivity index (χ1n) is 11.1. The minimum absolute atomic E-state index is 0.000737. The second-order valence-corrected chi connectivity index (χ2v) is 8.44. The Hall–Kier alpha value is -3.43. The lowest BCUT2D eigenvalue weighted by atomic mass is 9.98. The standard InChI is InChI=1S/C25H28N2O7/c1-32-14-21(23(28)27-11-19(24(29)30)22(12-27)33-2)26-25(31)34-13-20-17-9-5-3-7-15(17)16-8-4-6-10-18(16)20/h3-10,19-22H,11-14H2,1-2H3,(H,26,31)(H,29,30). The number of nitrogens with one attached hydrogen (secondary N) is 1. The van der Waals surface area contributed by atoms with Gasteiger partial charge in [-0.2, -0.15) is 0 Å². The van der Waals surface area contributed by atoms with Crippen LogP contribution < -0.4 is 5.32 Å². The van der Waals surface area contributed by atoms with Gasteiger partial charge in [0, 0.05) is 33.2 Å². The predicted molar refractivity (Wildman–Crippen MR) is 122 cm³/mol. The summed E-state index contributed by atoms with van der Waals surface area (Å²) in [5, 5.41) is 12.0. The lowest BCUT2D eigenvalue weighted by Gasteiger charge is -2.24. The molecular weight excluding hydrogens is 440 g/mol. The Morgan fingerprint density at radius 1 is 1.03 bits per heavy atom. The second-order valence-electron chi connectivity index (χ2n) is 8.44. The number of hydrogen-bond donors (Lipinski definition) is 2. The number of carbonyl (C=O) groups excluding carboxylic acids is 2. The van der Waals surface area contributed by atoms with Gasteiger partial charge in [0.05, 0.1) is 12.7 Å². The van der Waals surface area contributed by atoms with E-state index in [1.807, 2.05) is 36.4 Å². The molecule has 9 nitrogen and oxygen atoms in total. The van der Waals surface area contributed by atoms with Gasteiger partial charge in [-0.25, -0.2) is 4.79 Å². The van der Waals surface area contributed by atoms with Crippen LogP contribution in [0, 0.1) is 5.92 Å². The second kappa shape index (κ2) is 10.2. The average molecular weight is 469 g/mol. The molecule has 2 aromatic rings. The van der Waals surface area contributed by atoms with E-state index in [9.17, 15) is 19.5 Å². The van der Waals surface area contributed by atoms with Crippen molar-refractivity contribution in [2.45, 2.75) is 18.1 Å². The molecule has 1 heterocycles. The van der Waals surface area contributed by atoms with Crippen molar-refractivity contribution in [3.05, 3.63) is 59.7 Å². The van der Waals surface area contributed by atoms with Gasteiger partial charge in [0.2, 0.25) is 5.91 Å². The molecule has 1 fully saturated rings. The van der Waals surface area contributed by atoms with Crippen LogP contribution in [0.4, 0.5) is 4.79 Å². The Balaban J connectivity index is 1.40. The number of rotatable bonds is 8. The van der Waals surface area contributed by atoms with E-state index in [0.717, 1.165) is 22.3 Å². The summed E-state index contributed by atoms with van der Waals surface area (Å²) in [7, 11) is 2.83. The summed E-state index contributed by atoms with van der Waals surface area (Å²) in [6.07, 6.45) is -1.35. The van der Waals surface area contributed by atoms with E-state index in [4.69, 9.17) is 14.2 Å². The molecule has 0 radical (unpaired) electrons. The third kappa shape index (κ3) is 4.62. The van der Waals surface area contributed by atoms with Crippen molar-refractivity contribution in [2.24, 2.45) is 5.92 Å². The van der Waals surface area contributed by atoms with E-state index in [1.165, 1.54) is 19.1 Å². The molecule has 3 unspecified atom stereocenters. The zero-order valence-electron chi connectivity index (χ0n) is 19.1. The maximum atomic E-state index is 13.0. The monoisotopic (exact) mass is 468 g/mol. The Bertz CT molecular complexity index is 1030. The number of alkyl carbamates (subject to hydrolysis) is 1. The molecule has 3 atom stereocenters. The molecule has 1 aliphatic heterocycles. The number of aliphatic carboxylic acids is 1. The number of fused-ring (bicyclic) bond motifs is 3. The highest BCUT2D eigenvalue weighted by Crippen LogP contribution is 2.44. The van der Waals surface area contributed by atoms with Gasteiger partial charge in [-0.15, -0.1) is 0 Å². The lowest BCUT2D eigenvalue weighted by Crippen LogP contribution is -2.50. The van der Waals surface area contributed by atoms with E-state index >= 15 is 0 Å². The largest absolute Gasteiger partial charge is 0.481 e. The Kier molecular flexibility index (Phi) is 7.14. The summed E-state index contributed by atoms with van der Waals surface area (Å²) >= 11 is 0. The first-order valence-corrected chi connectivity index (χ1v) is 11.1. The Morgan fingerprint density at radius 2 is 1.65 bits per heavy atom. The van der Waals surface area contributed by atoms with Gasteiger partial charge in [0.1, 0.15) is 18.6 Å². The molecule has 180 valence electrons. The number of hydrogen-bond acceptors (Lipinski definition) is 6. The molecule has 2 N–H and O–H groups in total. The zero-order valence-corrected chi connectivity index (χ0v) is 19.1. The van der Waals surface area contributed by atoms with Crippen molar-refractivity contribution < 1.29 is 33.7 Å². The highest BCUT2D eigenvalue weighted by molar-refractivity contribution is 5.87. The number of carbonyl (C=O) groups is 3. The smallest absolute Gasteiger partial charge is 0.407 e. The van der Waals surface area contributed by atoms with E-state index in [-0.39, 0.29) is 32.2 Å². The van der Waals surface area contributed by atoms with Crippen LogP contribution >= 0.6 is 0 Å². The van der Waals surface area contributed by atoms with Crippen molar-refractivity contribution in [3.63, 3.8) is 0 Å². The van der Waals surface area contributed by atoms with Gasteiger partial charge in [-0.1, -0.05) is 48.5 Å². The maximum absolute atomic E-state index is 13.0. The third-order valence-corrected chi connectivity index (χ3v) is 6.47. The van der Waals surface area contributed by atoms with Gasteiger partial charge in [-0.3, -0.25) is 9.59 Å². The molecule has 2 amide bonds. The Labute approximate surface area is 197 Å². The van der Waals surface area contributed by atoms with E-state index in [2.05, 4.69) is 17.4 Å². The molecule has 34 heavy (non-hydrogen) atoms. The normalized spacial score (nSPS) is 19.9. The third-order valence-electron chi connectivity index (χ3n) is 6.47. The predicted octanol–water partition coefficient (Wildman–Crippen LogP) is 2.10. The van der Waals surface area contributed by atoms with Crippen molar-refractivity contribution in [2.75, 3.05) is 40.5 Å². The van der Waals surface area contributed by atoms with E-state index in [1.54, 1.807) is 0 Å². The fourth-order valence-electron chi connectivity index (χ4n) is 4.77. The maximum Gasteiger partial charge on any atom is 0.407 e. The molecule has 9 heteroatoms. The quantitative estimate of drug-likeness (QED) is 0.610. The van der Waals surface area contributed by atoms with Gasteiger partial charge in [0.25, 0.3) is 0 Å². The first-order chi connectivity index (χ1) is 16.4. The summed E-state index contributed by atoms with van der Waals surface area (Å²) in [6, 6.07) is 15.0. The highest BCUT2D eigenvalue weighted by atomic mass is 16.5. The van der Waals surface area contributed by atoms with Gasteiger partial charge in [-0.05, 0) is 22.3 Å². The van der Waals surface area contributed by atoms with Crippen LogP contribution in [0.2, 0.25) is 0 Å². The molecule has 2 aromatic carbocycles. The number of methoxy groups -OCH3 is 2. The number of carboxylic acids is 1. The number of amides is 2. The topological polar surface area (TPSA) is 114 Å². The van der Waals surface area contributed by atoms with Crippen LogP contribution in [-0.2, 0) is 23.8 Å². The fourth-order valence-corrected chi connectivity index (χ4v) is 4.77. The van der Waals surface area contributed by atoms with Crippen LogP contribution in [0.25, 0.3) is 11.1 Å². The van der Waals surface area contributed by atoms with Gasteiger partial charge in [0.15, 0.2) is 0 Å². The number of carboxylic acid groups (broad SMARTS) is 1. The molecule has 2 aliphatic rings. The molecule has 0 saturated carbocycles. The van der Waals surface area contributed by atoms with E-state index in [0.29, 0.717) is 0 Å². The minimum atomic E-state index is -1.03. The molecule has 0 aromatic heterocycles. The molecular formula is C25H28N2O7. The molecule has 1 saturated heterocycles. The SMILES string of the molecule is COCC(NC(=O)OCC1c2ccccc2-c2ccccc21)C(=O)N1CC(OC)C(C(=O)O)C1. The Morgan fingerprint density at radius 3 is 2.18 bits per heavy atom. The van der Waals surface area contributed by atoms with Gasteiger partial charge < -0.3 is 29.5 Å². The molecule has 0 bridgehead atoms. The molecule has 0 spiro atoms. The van der Waals surface area contributed by atoms with Crippen molar-refractivity contribution >= 4 is 18.0 Å². The molecule has 4 rings (SSSR count). The summed E-state index contributed by atoms with van der Waals surface area (Å²) in [4.78, 5) is 38.5. The molecule has 1 aliphatic carbocycles. The lowest BCUT2D eigenvalue weighted by molar-refractivity contribution is -0.144. The van der Waals surface area contributed by atoms with Crippen molar-refractivity contribution in [1.29, 1.82) is 0 Å². The summed E-state index contributed by atoms with van der Waals surface area (Å²) in [5.74, 6) is -2.41. The van der Waals surface area contributed by atoms with Crippen LogP contribution in [0.15, 0.2) is 48.5 Å². The average Bonchev–Trinajstić information content (AvgIpc) is 3.42. The van der Waals surface area contributed by atoms with Gasteiger partial charge >= 0.3 is 12.1 Å². The summed E-state index contributed by atoms with van der Waals surface area (Å²) in [5.41, 5.74) is 4.41. The zero-order chi connectivity index (χ0) is 24.2. The number of ether oxygens (including phenoxy) is 3. The summed E-state index contributed by atoms with van der Waals surface area (Å²) < 4.78 is 15.9. The fraction of sp³-hybridized carbons (Fsp3) is 0.400. The van der Waals surface area contributed by atoms with Crippen LogP contribution in [0.3, 0.4) is 0 Å². The van der Waals surface area contributed by atoms with Crippen LogP contribution in [0.5, 0.6) is 0 Å². The van der Waals surface area contributed by atoms with E-state index < -0.39 is 36.0 Å². The number of benzene rings is 2. The van der Waals surface area contributed by atoms with Crippen LogP contribution in [-0.4, -0.2) is 80.6 Å². The highest BCUT2D eigenvalue weighted by Gasteiger charge is 2.42. The number of likely N-dealkylation sites (tertiary alicyclic amines) is 1. The van der Waals surface area contributed by atoms with Crippen molar-refractivity contribution in [1.82, 2.24) is 10.2 Å². The number of nitrogens with zero attached hydrogens (tertiary/aromatic N) is 1. The van der Waals surface area contributed by atoms with Crippen molar-refractivity contribution in [3.8, 4) is 11.1 Å².